The van der Waals surface area contributed by atoms with E-state index in [1.165, 1.54) is 11.6 Å². The van der Waals surface area contributed by atoms with Crippen molar-refractivity contribution in [3.8, 4) is 0 Å². The number of ether oxygens (including phenoxy) is 1. The second kappa shape index (κ2) is 12.5. The van der Waals surface area contributed by atoms with E-state index in [-0.39, 0.29) is 22.4 Å². The number of anilines is 1. The summed E-state index contributed by atoms with van der Waals surface area (Å²) in [6, 6.07) is 22.5. The zero-order chi connectivity index (χ0) is 25.3. The van der Waals surface area contributed by atoms with E-state index >= 15 is 4.39 Å². The molecule has 0 spiro atoms. The number of halogens is 2. The Morgan fingerprint density at radius 1 is 1.03 bits per heavy atom. The van der Waals surface area contributed by atoms with Gasteiger partial charge in [-0.3, -0.25) is 10.3 Å². The number of thiocarbonyl (C=S) groups is 1. The zero-order valence-electron chi connectivity index (χ0n) is 19.8. The summed E-state index contributed by atoms with van der Waals surface area (Å²) >= 11 is 4.66. The Balaban J connectivity index is 1.48. The molecule has 1 aliphatic heterocycles. The third-order valence-electron chi connectivity index (χ3n) is 6.04. The molecule has 0 saturated carbocycles. The van der Waals surface area contributed by atoms with Crippen LogP contribution in [0.25, 0.3) is 0 Å². The van der Waals surface area contributed by atoms with Gasteiger partial charge in [-0.15, -0.1) is 0 Å². The fourth-order valence-electron chi connectivity index (χ4n) is 4.24. The molecule has 0 aromatic heterocycles. The smallest absolute Gasteiger partial charge is 0.184 e. The van der Waals surface area contributed by atoms with Crippen LogP contribution in [0, 0.1) is 11.6 Å². The normalized spacial score (nSPS) is 16.4. The molecule has 36 heavy (non-hydrogen) atoms. The first kappa shape index (κ1) is 25.7. The number of nitrogens with one attached hydrogen (secondary N) is 1. The number of hydrazone groups is 1. The molecule has 0 aliphatic carbocycles. The van der Waals surface area contributed by atoms with Gasteiger partial charge in [0.1, 0.15) is 11.6 Å². The summed E-state index contributed by atoms with van der Waals surface area (Å²) in [4.78, 5) is 4.22. The maximum absolute atomic E-state index is 15.1. The predicted molar refractivity (Wildman–Crippen MR) is 143 cm³/mol. The van der Waals surface area contributed by atoms with Gasteiger partial charge in [0, 0.05) is 37.8 Å². The zero-order valence-corrected chi connectivity index (χ0v) is 20.6. The molecule has 4 rings (SSSR count). The highest BCUT2D eigenvalue weighted by molar-refractivity contribution is 7.80. The Morgan fingerprint density at radius 2 is 1.72 bits per heavy atom. The van der Waals surface area contributed by atoms with Gasteiger partial charge in [-0.2, -0.15) is 5.10 Å². The molecule has 3 aromatic rings. The maximum Gasteiger partial charge on any atom is 0.184 e. The topological polar surface area (TPSA) is 66.1 Å². The number of hydrogen-bond acceptors (Lipinski definition) is 5. The quantitative estimate of drug-likeness (QED) is 0.258. The van der Waals surface area contributed by atoms with Crippen molar-refractivity contribution in [3.63, 3.8) is 0 Å². The Bertz CT molecular complexity index is 1180. The fourth-order valence-corrected chi connectivity index (χ4v) is 4.29. The molecular weight excluding hydrogens is 480 g/mol. The standard InChI is InChI=1S/C27H29F2N5OS/c28-24-14-26(25(29)13-22(24)15-31-32-27(30)36)34-12-11-33(16-20-7-3-1-4-8-20)23(17-34)19-35-18-21-9-5-2-6-10-21/h1-10,13-15,23H,11-12,16-19H2,(H3,30,32,36)/b31-15+/t23-/m1/s1. The minimum atomic E-state index is -0.580. The molecule has 1 fully saturated rings. The Kier molecular flexibility index (Phi) is 8.94. The molecule has 0 amide bonds. The fraction of sp³-hybridized carbons (Fsp3) is 0.259. The molecule has 1 heterocycles. The number of piperazine rings is 1. The van der Waals surface area contributed by atoms with Crippen LogP contribution < -0.4 is 16.1 Å². The van der Waals surface area contributed by atoms with E-state index in [1.54, 1.807) is 0 Å². The lowest BCUT2D eigenvalue weighted by molar-refractivity contribution is 0.0411. The van der Waals surface area contributed by atoms with E-state index in [1.807, 2.05) is 53.4 Å². The molecule has 6 nitrogen and oxygen atoms in total. The summed E-state index contributed by atoms with van der Waals surface area (Å²) in [6.07, 6.45) is 1.15. The first-order valence-electron chi connectivity index (χ1n) is 11.7. The SMILES string of the molecule is NC(=S)N/N=C/c1cc(F)c(N2CCN(Cc3ccccc3)[C@@H](COCc3ccccc3)C2)cc1F. The van der Waals surface area contributed by atoms with Crippen molar-refractivity contribution in [2.24, 2.45) is 10.8 Å². The molecule has 0 bridgehead atoms. The Labute approximate surface area is 215 Å². The Morgan fingerprint density at radius 3 is 2.42 bits per heavy atom. The molecule has 3 aromatic carbocycles. The number of hydrogen-bond donors (Lipinski definition) is 2. The third-order valence-corrected chi connectivity index (χ3v) is 6.13. The molecule has 188 valence electrons. The van der Waals surface area contributed by atoms with Crippen LogP contribution in [-0.4, -0.2) is 48.5 Å². The van der Waals surface area contributed by atoms with Crippen LogP contribution in [0.15, 0.2) is 77.9 Å². The van der Waals surface area contributed by atoms with Crippen LogP contribution in [0.3, 0.4) is 0 Å². The molecule has 9 heteroatoms. The first-order valence-corrected chi connectivity index (χ1v) is 12.1. The lowest BCUT2D eigenvalue weighted by Crippen LogP contribution is -2.54. The van der Waals surface area contributed by atoms with Crippen molar-refractivity contribution in [2.75, 3.05) is 31.1 Å². The molecule has 1 saturated heterocycles. The van der Waals surface area contributed by atoms with Crippen molar-refractivity contribution in [2.45, 2.75) is 19.2 Å². The van der Waals surface area contributed by atoms with Gasteiger partial charge in [0.2, 0.25) is 0 Å². The van der Waals surface area contributed by atoms with Gasteiger partial charge in [0.05, 0.1) is 31.2 Å². The van der Waals surface area contributed by atoms with Gasteiger partial charge < -0.3 is 15.4 Å². The highest BCUT2D eigenvalue weighted by Gasteiger charge is 2.29. The summed E-state index contributed by atoms with van der Waals surface area (Å²) < 4.78 is 35.9. The molecule has 3 N–H and O–H groups in total. The average molecular weight is 510 g/mol. The van der Waals surface area contributed by atoms with E-state index in [9.17, 15) is 4.39 Å². The van der Waals surface area contributed by atoms with Crippen molar-refractivity contribution in [1.29, 1.82) is 0 Å². The van der Waals surface area contributed by atoms with Gasteiger partial charge in [-0.25, -0.2) is 8.78 Å². The summed E-state index contributed by atoms with van der Waals surface area (Å²) in [5.41, 5.74) is 10.2. The van der Waals surface area contributed by atoms with E-state index < -0.39 is 11.6 Å². The van der Waals surface area contributed by atoms with Crippen LogP contribution >= 0.6 is 12.2 Å². The van der Waals surface area contributed by atoms with Gasteiger partial charge in [-0.1, -0.05) is 60.7 Å². The van der Waals surface area contributed by atoms with Crippen molar-refractivity contribution in [1.82, 2.24) is 10.3 Å². The average Bonchev–Trinajstić information content (AvgIpc) is 2.88. The van der Waals surface area contributed by atoms with E-state index in [0.29, 0.717) is 32.8 Å². The van der Waals surface area contributed by atoms with Gasteiger partial charge in [0.15, 0.2) is 5.11 Å². The molecular formula is C27H29F2N5OS. The molecule has 1 atom stereocenters. The van der Waals surface area contributed by atoms with Crippen LogP contribution in [0.2, 0.25) is 0 Å². The first-order chi connectivity index (χ1) is 17.5. The monoisotopic (exact) mass is 509 g/mol. The molecule has 0 radical (unpaired) electrons. The van der Waals surface area contributed by atoms with Gasteiger partial charge in [0.25, 0.3) is 0 Å². The van der Waals surface area contributed by atoms with Crippen LogP contribution in [0.5, 0.6) is 0 Å². The summed E-state index contributed by atoms with van der Waals surface area (Å²) in [5.74, 6) is -1.10. The van der Waals surface area contributed by atoms with Crippen molar-refractivity contribution < 1.29 is 13.5 Å². The van der Waals surface area contributed by atoms with E-state index in [4.69, 9.17) is 10.5 Å². The van der Waals surface area contributed by atoms with Gasteiger partial charge >= 0.3 is 0 Å². The summed E-state index contributed by atoms with van der Waals surface area (Å²) in [7, 11) is 0. The number of rotatable bonds is 9. The van der Waals surface area contributed by atoms with E-state index in [2.05, 4.69) is 39.8 Å². The number of benzene rings is 3. The Hall–Kier alpha value is -3.40. The van der Waals surface area contributed by atoms with Gasteiger partial charge in [-0.05, 0) is 29.4 Å². The maximum atomic E-state index is 15.1. The second-order valence-corrected chi connectivity index (χ2v) is 9.06. The minimum Gasteiger partial charge on any atom is -0.375 e. The highest BCUT2D eigenvalue weighted by Crippen LogP contribution is 2.26. The van der Waals surface area contributed by atoms with E-state index in [0.717, 1.165) is 24.4 Å². The van der Waals surface area contributed by atoms with Crippen molar-refractivity contribution in [3.05, 3.63) is 101 Å². The largest absolute Gasteiger partial charge is 0.375 e. The molecule has 1 aliphatic rings. The van der Waals surface area contributed by atoms with Crippen LogP contribution in [0.4, 0.5) is 14.5 Å². The highest BCUT2D eigenvalue weighted by atomic mass is 32.1. The lowest BCUT2D eigenvalue weighted by Gasteiger charge is -2.42. The summed E-state index contributed by atoms with van der Waals surface area (Å²) in [5, 5.41) is 3.66. The minimum absolute atomic E-state index is 0.00105. The van der Waals surface area contributed by atoms with Crippen LogP contribution in [-0.2, 0) is 17.9 Å². The van der Waals surface area contributed by atoms with Crippen LogP contribution in [0.1, 0.15) is 16.7 Å². The number of nitrogens with two attached hydrogens (primary N) is 1. The number of nitrogens with zero attached hydrogens (tertiary/aromatic N) is 3. The molecule has 0 unspecified atom stereocenters. The summed E-state index contributed by atoms with van der Waals surface area (Å²) in [6.45, 7) is 3.49. The third kappa shape index (κ3) is 7.07. The predicted octanol–water partition coefficient (Wildman–Crippen LogP) is 4.04. The second-order valence-electron chi connectivity index (χ2n) is 8.62. The lowest BCUT2D eigenvalue weighted by atomic mass is 10.1. The van der Waals surface area contributed by atoms with Crippen molar-refractivity contribution >= 4 is 29.2 Å².